The summed E-state index contributed by atoms with van der Waals surface area (Å²) in [6.07, 6.45) is 7.97. The fourth-order valence-electron chi connectivity index (χ4n) is 3.23. The number of rotatable bonds is 5. The Kier molecular flexibility index (Phi) is 4.20. The number of nitrogens with zero attached hydrogens (tertiary/aromatic N) is 1. The molecule has 0 aromatic carbocycles. The van der Waals surface area contributed by atoms with Gasteiger partial charge in [-0.25, -0.2) is 9.37 Å². The standard InChI is InChI=1S/C15H23FN2/c1-12(2)10-15(7-3-4-8-15)11-18-14-13(16)6-5-9-17-14/h5-6,9,12H,3-4,7-8,10-11H2,1-2H3,(H,17,18). The minimum absolute atomic E-state index is 0.254. The van der Waals surface area contributed by atoms with Crippen molar-refractivity contribution in [2.45, 2.75) is 46.0 Å². The summed E-state index contributed by atoms with van der Waals surface area (Å²) in [5, 5.41) is 3.21. The lowest BCUT2D eigenvalue weighted by atomic mass is 9.78. The summed E-state index contributed by atoms with van der Waals surface area (Å²) >= 11 is 0. The fraction of sp³-hybridized carbons (Fsp3) is 0.667. The Morgan fingerprint density at radius 3 is 2.72 bits per heavy atom. The van der Waals surface area contributed by atoms with Crippen LogP contribution in [-0.2, 0) is 0 Å². The highest BCUT2D eigenvalue weighted by Crippen LogP contribution is 2.43. The fourth-order valence-corrected chi connectivity index (χ4v) is 3.23. The van der Waals surface area contributed by atoms with Crippen LogP contribution < -0.4 is 5.32 Å². The third kappa shape index (κ3) is 3.21. The lowest BCUT2D eigenvalue weighted by molar-refractivity contribution is 0.252. The number of hydrogen-bond acceptors (Lipinski definition) is 2. The van der Waals surface area contributed by atoms with Crippen molar-refractivity contribution in [3.05, 3.63) is 24.1 Å². The molecule has 0 atom stereocenters. The number of nitrogens with one attached hydrogen (secondary N) is 1. The molecule has 100 valence electrons. The zero-order valence-corrected chi connectivity index (χ0v) is 11.4. The molecule has 2 rings (SSSR count). The van der Waals surface area contributed by atoms with Crippen molar-refractivity contribution in [1.29, 1.82) is 0 Å². The smallest absolute Gasteiger partial charge is 0.165 e. The van der Waals surface area contributed by atoms with Crippen molar-refractivity contribution in [3.8, 4) is 0 Å². The Morgan fingerprint density at radius 2 is 2.11 bits per heavy atom. The van der Waals surface area contributed by atoms with Crippen molar-refractivity contribution >= 4 is 5.82 Å². The van der Waals surface area contributed by atoms with E-state index in [1.54, 1.807) is 12.3 Å². The second kappa shape index (κ2) is 5.68. The normalized spacial score (nSPS) is 18.2. The van der Waals surface area contributed by atoms with Crippen molar-refractivity contribution in [2.24, 2.45) is 11.3 Å². The number of halogens is 1. The average Bonchev–Trinajstić information content (AvgIpc) is 2.76. The van der Waals surface area contributed by atoms with Gasteiger partial charge in [0.2, 0.25) is 0 Å². The van der Waals surface area contributed by atoms with Gasteiger partial charge in [-0.3, -0.25) is 0 Å². The van der Waals surface area contributed by atoms with Crippen LogP contribution in [0.1, 0.15) is 46.0 Å². The number of pyridine rings is 1. The van der Waals surface area contributed by atoms with Gasteiger partial charge >= 0.3 is 0 Å². The van der Waals surface area contributed by atoms with E-state index in [1.807, 2.05) is 0 Å². The molecular formula is C15H23FN2. The first-order chi connectivity index (χ1) is 8.61. The SMILES string of the molecule is CC(C)CC1(CNc2ncccc2F)CCCC1. The molecule has 0 aliphatic heterocycles. The Hall–Kier alpha value is -1.12. The first-order valence-electron chi connectivity index (χ1n) is 6.96. The molecule has 0 radical (unpaired) electrons. The third-order valence-electron chi connectivity index (χ3n) is 3.89. The molecule has 1 fully saturated rings. The minimum atomic E-state index is -0.254. The first kappa shape index (κ1) is 13.3. The van der Waals surface area contributed by atoms with Crippen molar-refractivity contribution in [2.75, 3.05) is 11.9 Å². The minimum Gasteiger partial charge on any atom is -0.367 e. The summed E-state index contributed by atoms with van der Waals surface area (Å²) in [7, 11) is 0. The van der Waals surface area contributed by atoms with Crippen LogP contribution in [0.3, 0.4) is 0 Å². The molecule has 0 bridgehead atoms. The third-order valence-corrected chi connectivity index (χ3v) is 3.89. The van der Waals surface area contributed by atoms with Gasteiger partial charge in [-0.2, -0.15) is 0 Å². The predicted octanol–water partition coefficient (Wildman–Crippen LogP) is 4.24. The largest absolute Gasteiger partial charge is 0.367 e. The molecular weight excluding hydrogens is 227 g/mol. The maximum Gasteiger partial charge on any atom is 0.165 e. The molecule has 0 amide bonds. The van der Waals surface area contributed by atoms with Gasteiger partial charge in [0.05, 0.1) is 0 Å². The summed E-state index contributed by atoms with van der Waals surface area (Å²) in [4.78, 5) is 4.06. The van der Waals surface area contributed by atoms with Crippen molar-refractivity contribution in [3.63, 3.8) is 0 Å². The van der Waals surface area contributed by atoms with Crippen LogP contribution in [0.25, 0.3) is 0 Å². The van der Waals surface area contributed by atoms with Gasteiger partial charge < -0.3 is 5.32 Å². The summed E-state index contributed by atoms with van der Waals surface area (Å²) in [5.41, 5.74) is 0.345. The molecule has 1 aliphatic carbocycles. The van der Waals surface area contributed by atoms with Crippen LogP contribution in [0, 0.1) is 17.2 Å². The number of anilines is 1. The Bertz CT molecular complexity index is 384. The molecule has 0 saturated heterocycles. The van der Waals surface area contributed by atoms with Crippen molar-refractivity contribution < 1.29 is 4.39 Å². The van der Waals surface area contributed by atoms with Gasteiger partial charge in [0.15, 0.2) is 11.6 Å². The van der Waals surface area contributed by atoms with Crippen LogP contribution in [0.15, 0.2) is 18.3 Å². The summed E-state index contributed by atoms with van der Waals surface area (Å²) < 4.78 is 13.5. The van der Waals surface area contributed by atoms with E-state index in [0.29, 0.717) is 17.2 Å². The van der Waals surface area contributed by atoms with Crippen LogP contribution in [0.4, 0.5) is 10.2 Å². The van der Waals surface area contributed by atoms with E-state index in [2.05, 4.69) is 24.1 Å². The highest BCUT2D eigenvalue weighted by Gasteiger charge is 2.34. The van der Waals surface area contributed by atoms with E-state index < -0.39 is 0 Å². The maximum atomic E-state index is 13.5. The predicted molar refractivity (Wildman–Crippen MR) is 73.0 cm³/mol. The zero-order valence-electron chi connectivity index (χ0n) is 11.4. The topological polar surface area (TPSA) is 24.9 Å². The first-order valence-corrected chi connectivity index (χ1v) is 6.96. The Labute approximate surface area is 109 Å². The monoisotopic (exact) mass is 250 g/mol. The zero-order chi connectivity index (χ0) is 13.0. The average molecular weight is 250 g/mol. The van der Waals surface area contributed by atoms with E-state index in [0.717, 1.165) is 6.54 Å². The number of aromatic nitrogens is 1. The van der Waals surface area contributed by atoms with E-state index in [4.69, 9.17) is 0 Å². The summed E-state index contributed by atoms with van der Waals surface area (Å²) in [5.74, 6) is 0.834. The van der Waals surface area contributed by atoms with Gasteiger partial charge in [0.1, 0.15) is 0 Å². The maximum absolute atomic E-state index is 13.5. The second-order valence-electron chi connectivity index (χ2n) is 5.99. The molecule has 1 aromatic heterocycles. The molecule has 1 aromatic rings. The van der Waals surface area contributed by atoms with E-state index in [1.165, 1.54) is 38.2 Å². The van der Waals surface area contributed by atoms with E-state index in [9.17, 15) is 4.39 Å². The Morgan fingerprint density at radius 1 is 1.39 bits per heavy atom. The molecule has 1 saturated carbocycles. The van der Waals surface area contributed by atoms with Gasteiger partial charge in [-0.1, -0.05) is 26.7 Å². The lowest BCUT2D eigenvalue weighted by Gasteiger charge is -2.31. The van der Waals surface area contributed by atoms with Gasteiger partial charge in [0, 0.05) is 12.7 Å². The molecule has 1 heterocycles. The molecule has 3 heteroatoms. The molecule has 0 unspecified atom stereocenters. The van der Waals surface area contributed by atoms with Crippen LogP contribution >= 0.6 is 0 Å². The van der Waals surface area contributed by atoms with Crippen LogP contribution in [-0.4, -0.2) is 11.5 Å². The quantitative estimate of drug-likeness (QED) is 0.845. The number of hydrogen-bond donors (Lipinski definition) is 1. The summed E-state index contributed by atoms with van der Waals surface area (Å²) in [6.45, 7) is 5.38. The van der Waals surface area contributed by atoms with Crippen molar-refractivity contribution in [1.82, 2.24) is 4.98 Å². The van der Waals surface area contributed by atoms with Gasteiger partial charge in [-0.15, -0.1) is 0 Å². The molecule has 2 nitrogen and oxygen atoms in total. The van der Waals surface area contributed by atoms with Gasteiger partial charge in [-0.05, 0) is 42.7 Å². The van der Waals surface area contributed by atoms with Crippen LogP contribution in [0.2, 0.25) is 0 Å². The molecule has 0 spiro atoms. The molecule has 1 N–H and O–H groups in total. The van der Waals surface area contributed by atoms with E-state index in [-0.39, 0.29) is 5.82 Å². The molecule has 1 aliphatic rings. The molecule has 18 heavy (non-hydrogen) atoms. The Balaban J connectivity index is 2.00. The highest BCUT2D eigenvalue weighted by molar-refractivity contribution is 5.35. The lowest BCUT2D eigenvalue weighted by Crippen LogP contribution is -2.29. The van der Waals surface area contributed by atoms with E-state index >= 15 is 0 Å². The van der Waals surface area contributed by atoms with Crippen LogP contribution in [0.5, 0.6) is 0 Å². The summed E-state index contributed by atoms with van der Waals surface area (Å²) in [6, 6.07) is 3.08. The van der Waals surface area contributed by atoms with Gasteiger partial charge in [0.25, 0.3) is 0 Å². The highest BCUT2D eigenvalue weighted by atomic mass is 19.1. The second-order valence-corrected chi connectivity index (χ2v) is 5.99.